The molecule has 0 spiro atoms. The van der Waals surface area contributed by atoms with E-state index >= 15 is 0 Å². The van der Waals surface area contributed by atoms with Gasteiger partial charge in [0.05, 0.1) is 12.2 Å². The van der Waals surface area contributed by atoms with Crippen LogP contribution in [0.3, 0.4) is 0 Å². The lowest BCUT2D eigenvalue weighted by Crippen LogP contribution is -2.19. The van der Waals surface area contributed by atoms with Crippen LogP contribution in [0.1, 0.15) is 52.4 Å². The fourth-order valence-corrected chi connectivity index (χ4v) is 5.22. The minimum atomic E-state index is -2.90. The molecule has 0 amide bonds. The summed E-state index contributed by atoms with van der Waals surface area (Å²) >= 11 is 0. The topological polar surface area (TPSA) is 77.8 Å². The van der Waals surface area contributed by atoms with Crippen LogP contribution in [0.4, 0.5) is 0 Å². The molecular weight excluding hydrogens is 359 g/mol. The molecule has 2 aliphatic rings. The van der Waals surface area contributed by atoms with Crippen LogP contribution in [0.5, 0.6) is 0 Å². The van der Waals surface area contributed by atoms with E-state index in [2.05, 4.69) is 17.9 Å². The minimum absolute atomic E-state index is 0.0862. The van der Waals surface area contributed by atoms with E-state index in [0.29, 0.717) is 24.4 Å². The second-order valence-electron chi connectivity index (χ2n) is 8.48. The SMILES string of the molecule is CC#CCC(C)C(O)/C=C/[C@H]1[C@H](O)CC2C/C(=C\CCCP(C)(=O)O)C[C@@H]21. The highest BCUT2D eigenvalue weighted by Crippen LogP contribution is 2.50. The van der Waals surface area contributed by atoms with Crippen molar-refractivity contribution in [2.75, 3.05) is 12.8 Å². The summed E-state index contributed by atoms with van der Waals surface area (Å²) in [5.74, 6) is 7.01. The molecule has 2 aliphatic carbocycles. The highest BCUT2D eigenvalue weighted by atomic mass is 31.2. The zero-order valence-corrected chi connectivity index (χ0v) is 17.7. The van der Waals surface area contributed by atoms with Crippen LogP contribution >= 0.6 is 7.37 Å². The molecular formula is C22H35O4P. The Morgan fingerprint density at radius 1 is 1.37 bits per heavy atom. The predicted molar refractivity (Wildman–Crippen MR) is 111 cm³/mol. The van der Waals surface area contributed by atoms with Crippen LogP contribution in [-0.2, 0) is 4.57 Å². The van der Waals surface area contributed by atoms with Crippen LogP contribution in [0.2, 0.25) is 0 Å². The Kier molecular flexibility index (Phi) is 8.38. The van der Waals surface area contributed by atoms with Gasteiger partial charge in [0, 0.05) is 25.2 Å². The van der Waals surface area contributed by atoms with E-state index in [0.717, 1.165) is 32.1 Å². The highest BCUT2D eigenvalue weighted by Gasteiger charge is 2.44. The van der Waals surface area contributed by atoms with Gasteiger partial charge in [0.1, 0.15) is 0 Å². The molecule has 4 unspecified atom stereocenters. The first kappa shape index (κ1) is 22.4. The van der Waals surface area contributed by atoms with Crippen molar-refractivity contribution in [3.8, 4) is 11.8 Å². The molecule has 2 fully saturated rings. The Labute approximate surface area is 164 Å². The first-order valence-corrected chi connectivity index (χ1v) is 12.4. The first-order chi connectivity index (χ1) is 12.7. The van der Waals surface area contributed by atoms with E-state index < -0.39 is 13.5 Å². The summed E-state index contributed by atoms with van der Waals surface area (Å²) in [5, 5.41) is 20.7. The highest BCUT2D eigenvalue weighted by molar-refractivity contribution is 7.57. The zero-order chi connectivity index (χ0) is 20.0. The van der Waals surface area contributed by atoms with Gasteiger partial charge in [-0.3, -0.25) is 4.57 Å². The lowest BCUT2D eigenvalue weighted by molar-refractivity contribution is 0.137. The molecule has 152 valence electrons. The van der Waals surface area contributed by atoms with Crippen molar-refractivity contribution < 1.29 is 19.7 Å². The van der Waals surface area contributed by atoms with E-state index in [1.807, 2.05) is 19.1 Å². The molecule has 0 heterocycles. The molecule has 0 bridgehead atoms. The zero-order valence-electron chi connectivity index (χ0n) is 16.8. The number of hydrogen-bond acceptors (Lipinski definition) is 3. The van der Waals surface area contributed by atoms with Crippen LogP contribution in [0, 0.1) is 35.5 Å². The summed E-state index contributed by atoms with van der Waals surface area (Å²) in [5.41, 5.74) is 1.42. The van der Waals surface area contributed by atoms with E-state index in [1.54, 1.807) is 6.92 Å². The first-order valence-electron chi connectivity index (χ1n) is 10.1. The fourth-order valence-electron chi connectivity index (χ4n) is 4.45. The number of aliphatic hydroxyl groups excluding tert-OH is 2. The number of rotatable bonds is 8. The normalized spacial score (nSPS) is 33.5. The molecule has 27 heavy (non-hydrogen) atoms. The van der Waals surface area contributed by atoms with Crippen molar-refractivity contribution in [2.45, 2.75) is 64.6 Å². The third kappa shape index (κ3) is 6.91. The van der Waals surface area contributed by atoms with Gasteiger partial charge in [0.2, 0.25) is 0 Å². The third-order valence-corrected chi connectivity index (χ3v) is 7.18. The van der Waals surface area contributed by atoms with Crippen LogP contribution in [0.25, 0.3) is 0 Å². The number of fused-ring (bicyclic) bond motifs is 1. The van der Waals surface area contributed by atoms with E-state index in [9.17, 15) is 19.7 Å². The Balaban J connectivity index is 1.89. The molecule has 2 rings (SSSR count). The Morgan fingerprint density at radius 2 is 2.11 bits per heavy atom. The number of hydrogen-bond donors (Lipinski definition) is 3. The Bertz CT molecular complexity index is 651. The van der Waals surface area contributed by atoms with E-state index in [4.69, 9.17) is 0 Å². The van der Waals surface area contributed by atoms with Gasteiger partial charge in [-0.1, -0.05) is 30.7 Å². The predicted octanol–water partition coefficient (Wildman–Crippen LogP) is 3.97. The van der Waals surface area contributed by atoms with Gasteiger partial charge in [-0.25, -0.2) is 0 Å². The molecule has 7 atom stereocenters. The molecule has 0 aromatic rings. The fraction of sp³-hybridized carbons (Fsp3) is 0.727. The number of unbranched alkanes of at least 4 members (excludes halogenated alkanes) is 1. The lowest BCUT2D eigenvalue weighted by Gasteiger charge is -2.19. The summed E-state index contributed by atoms with van der Waals surface area (Å²) in [6.45, 7) is 5.22. The minimum Gasteiger partial charge on any atom is -0.392 e. The second kappa shape index (κ2) is 10.1. The third-order valence-electron chi connectivity index (χ3n) is 6.04. The average molecular weight is 394 g/mol. The molecule has 0 saturated heterocycles. The van der Waals surface area contributed by atoms with Crippen molar-refractivity contribution in [1.82, 2.24) is 0 Å². The second-order valence-corrected chi connectivity index (χ2v) is 11.0. The lowest BCUT2D eigenvalue weighted by atomic mass is 9.89. The largest absolute Gasteiger partial charge is 0.392 e. The Hall–Kier alpha value is -0.850. The molecule has 0 aromatic heterocycles. The van der Waals surface area contributed by atoms with Gasteiger partial charge < -0.3 is 15.1 Å². The number of allylic oxidation sites excluding steroid dienone is 2. The van der Waals surface area contributed by atoms with Crippen LogP contribution in [-0.4, -0.2) is 40.1 Å². The van der Waals surface area contributed by atoms with Crippen LogP contribution < -0.4 is 0 Å². The van der Waals surface area contributed by atoms with E-state index in [1.165, 1.54) is 12.2 Å². The molecule has 3 N–H and O–H groups in total. The van der Waals surface area contributed by atoms with Crippen molar-refractivity contribution >= 4 is 7.37 Å². The van der Waals surface area contributed by atoms with Gasteiger partial charge in [-0.15, -0.1) is 11.8 Å². The van der Waals surface area contributed by atoms with Crippen molar-refractivity contribution in [2.24, 2.45) is 23.7 Å². The van der Waals surface area contributed by atoms with Gasteiger partial charge in [0.15, 0.2) is 7.37 Å². The number of aliphatic hydroxyl groups is 2. The molecule has 0 radical (unpaired) electrons. The van der Waals surface area contributed by atoms with Crippen molar-refractivity contribution in [1.29, 1.82) is 0 Å². The molecule has 5 heteroatoms. The van der Waals surface area contributed by atoms with Gasteiger partial charge in [-0.2, -0.15) is 0 Å². The quantitative estimate of drug-likeness (QED) is 0.252. The summed E-state index contributed by atoms with van der Waals surface area (Å²) in [6.07, 6.45) is 10.8. The van der Waals surface area contributed by atoms with Crippen molar-refractivity contribution in [3.63, 3.8) is 0 Å². The van der Waals surface area contributed by atoms with Gasteiger partial charge in [0.25, 0.3) is 0 Å². The van der Waals surface area contributed by atoms with Crippen molar-refractivity contribution in [3.05, 3.63) is 23.8 Å². The maximum absolute atomic E-state index is 11.4. The average Bonchev–Trinajstić information content (AvgIpc) is 3.10. The monoisotopic (exact) mass is 394 g/mol. The van der Waals surface area contributed by atoms with Gasteiger partial charge >= 0.3 is 0 Å². The maximum Gasteiger partial charge on any atom is 0.197 e. The summed E-state index contributed by atoms with van der Waals surface area (Å²) in [6, 6.07) is 0. The van der Waals surface area contributed by atoms with Crippen LogP contribution in [0.15, 0.2) is 23.8 Å². The molecule has 4 nitrogen and oxygen atoms in total. The standard InChI is InChI=1S/C22H35O4P/c1-4-5-8-16(2)21(23)11-10-19-20-14-17(13-18(20)15-22(19)24)9-6-7-12-27(3,25)26/h9-11,16,18-24H,6-8,12-15H2,1-3H3,(H,25,26)/b11-10+,17-9+/t16?,18?,19-,20+,21?,22-/m1/s1. The summed E-state index contributed by atoms with van der Waals surface area (Å²) in [7, 11) is -2.90. The summed E-state index contributed by atoms with van der Waals surface area (Å²) < 4.78 is 11.4. The molecule has 2 saturated carbocycles. The smallest absolute Gasteiger partial charge is 0.197 e. The maximum atomic E-state index is 11.4. The molecule has 0 aliphatic heterocycles. The molecule has 0 aromatic carbocycles. The Morgan fingerprint density at radius 3 is 2.78 bits per heavy atom. The summed E-state index contributed by atoms with van der Waals surface area (Å²) in [4.78, 5) is 9.37. The van der Waals surface area contributed by atoms with Gasteiger partial charge in [-0.05, 0) is 56.8 Å². The van der Waals surface area contributed by atoms with E-state index in [-0.39, 0.29) is 17.9 Å².